The minimum atomic E-state index is -0.693. The van der Waals surface area contributed by atoms with E-state index in [0.29, 0.717) is 36.8 Å². The lowest BCUT2D eigenvalue weighted by atomic mass is 10.0. The van der Waals surface area contributed by atoms with Crippen LogP contribution in [-0.4, -0.2) is 52.3 Å². The number of carbonyl (C=O) groups excluding carboxylic acids is 2. The standard InChI is InChI=1S/C24H32N2O6/c1-16(2)22(26-23(27)18-12-20(30-4)14-21(13-18)31-5)24(28)25-10-11-32-15-17-6-8-19(29-3)9-7-17/h6-9,12-14,16,22H,10-11,15H2,1-5H3,(H,25,28)(H,26,27). The number of ether oxygens (including phenoxy) is 4. The summed E-state index contributed by atoms with van der Waals surface area (Å²) in [6.45, 7) is 4.86. The Morgan fingerprint density at radius 2 is 1.47 bits per heavy atom. The summed E-state index contributed by atoms with van der Waals surface area (Å²) in [6, 6.07) is 11.8. The molecule has 0 bridgehead atoms. The van der Waals surface area contributed by atoms with Gasteiger partial charge >= 0.3 is 0 Å². The Kier molecular flexibility index (Phi) is 9.81. The third-order valence-corrected chi connectivity index (χ3v) is 4.82. The summed E-state index contributed by atoms with van der Waals surface area (Å²) in [7, 11) is 4.64. The van der Waals surface area contributed by atoms with Gasteiger partial charge in [0.2, 0.25) is 5.91 Å². The molecule has 2 aromatic carbocycles. The number of amides is 2. The SMILES string of the molecule is COc1ccc(COCCNC(=O)C(NC(=O)c2cc(OC)cc(OC)c2)C(C)C)cc1. The maximum absolute atomic E-state index is 12.7. The third kappa shape index (κ3) is 7.46. The first-order chi connectivity index (χ1) is 15.4. The molecule has 2 rings (SSSR count). The second-order valence-electron chi connectivity index (χ2n) is 7.49. The molecule has 174 valence electrons. The van der Waals surface area contributed by atoms with Gasteiger partial charge in [-0.3, -0.25) is 9.59 Å². The van der Waals surface area contributed by atoms with Gasteiger partial charge < -0.3 is 29.6 Å². The molecule has 2 amide bonds. The highest BCUT2D eigenvalue weighted by Gasteiger charge is 2.25. The molecule has 2 N–H and O–H groups in total. The van der Waals surface area contributed by atoms with E-state index in [1.165, 1.54) is 14.2 Å². The lowest BCUT2D eigenvalue weighted by Gasteiger charge is -2.22. The molecule has 8 nitrogen and oxygen atoms in total. The predicted octanol–water partition coefficient (Wildman–Crippen LogP) is 2.80. The highest BCUT2D eigenvalue weighted by atomic mass is 16.5. The van der Waals surface area contributed by atoms with Gasteiger partial charge in [-0.15, -0.1) is 0 Å². The molecule has 0 aliphatic heterocycles. The van der Waals surface area contributed by atoms with E-state index in [2.05, 4.69) is 10.6 Å². The number of carbonyl (C=O) groups is 2. The average molecular weight is 445 g/mol. The van der Waals surface area contributed by atoms with E-state index in [0.717, 1.165) is 11.3 Å². The zero-order valence-electron chi connectivity index (χ0n) is 19.3. The predicted molar refractivity (Wildman–Crippen MR) is 121 cm³/mol. The van der Waals surface area contributed by atoms with Gasteiger partial charge in [-0.2, -0.15) is 0 Å². The zero-order chi connectivity index (χ0) is 23.5. The van der Waals surface area contributed by atoms with Crippen LogP contribution in [0, 0.1) is 5.92 Å². The van der Waals surface area contributed by atoms with Crippen molar-refractivity contribution in [1.82, 2.24) is 10.6 Å². The van der Waals surface area contributed by atoms with Gasteiger partial charge in [0.05, 0.1) is 34.5 Å². The first-order valence-corrected chi connectivity index (χ1v) is 10.4. The van der Waals surface area contributed by atoms with Crippen LogP contribution in [0.25, 0.3) is 0 Å². The summed E-state index contributed by atoms with van der Waals surface area (Å²) >= 11 is 0. The molecule has 1 atom stereocenters. The maximum atomic E-state index is 12.7. The van der Waals surface area contributed by atoms with Crippen LogP contribution in [0.1, 0.15) is 29.8 Å². The Morgan fingerprint density at radius 1 is 0.875 bits per heavy atom. The Balaban J connectivity index is 1.85. The molecule has 32 heavy (non-hydrogen) atoms. The van der Waals surface area contributed by atoms with E-state index in [-0.39, 0.29) is 17.7 Å². The quantitative estimate of drug-likeness (QED) is 0.489. The van der Waals surface area contributed by atoms with Crippen LogP contribution in [0.3, 0.4) is 0 Å². The molecular weight excluding hydrogens is 412 g/mol. The fourth-order valence-corrected chi connectivity index (χ4v) is 2.97. The molecule has 0 radical (unpaired) electrons. The highest BCUT2D eigenvalue weighted by Crippen LogP contribution is 2.22. The Hall–Kier alpha value is -3.26. The number of hydrogen-bond acceptors (Lipinski definition) is 6. The van der Waals surface area contributed by atoms with Crippen molar-refractivity contribution in [3.05, 3.63) is 53.6 Å². The number of benzene rings is 2. The van der Waals surface area contributed by atoms with Crippen LogP contribution in [0.15, 0.2) is 42.5 Å². The van der Waals surface area contributed by atoms with Gasteiger partial charge in [0.25, 0.3) is 5.91 Å². The lowest BCUT2D eigenvalue weighted by Crippen LogP contribution is -2.50. The molecule has 0 saturated carbocycles. The fourth-order valence-electron chi connectivity index (χ4n) is 2.97. The second-order valence-corrected chi connectivity index (χ2v) is 7.49. The molecule has 0 spiro atoms. The summed E-state index contributed by atoms with van der Waals surface area (Å²) < 4.78 is 21.2. The summed E-state index contributed by atoms with van der Waals surface area (Å²) in [5.74, 6) is 1.02. The van der Waals surface area contributed by atoms with Crippen LogP contribution in [0.4, 0.5) is 0 Å². The molecule has 0 heterocycles. The molecule has 0 saturated heterocycles. The van der Waals surface area contributed by atoms with Gasteiger partial charge in [-0.05, 0) is 35.7 Å². The lowest BCUT2D eigenvalue weighted by molar-refractivity contribution is -0.124. The summed E-state index contributed by atoms with van der Waals surface area (Å²) in [4.78, 5) is 25.4. The van der Waals surface area contributed by atoms with E-state index in [1.807, 2.05) is 38.1 Å². The number of methoxy groups -OCH3 is 3. The maximum Gasteiger partial charge on any atom is 0.252 e. The largest absolute Gasteiger partial charge is 0.497 e. The van der Waals surface area contributed by atoms with Crippen molar-refractivity contribution < 1.29 is 28.5 Å². The first-order valence-electron chi connectivity index (χ1n) is 10.4. The van der Waals surface area contributed by atoms with Crippen molar-refractivity contribution in [2.75, 3.05) is 34.5 Å². The Labute approximate surface area is 189 Å². The van der Waals surface area contributed by atoms with E-state index in [4.69, 9.17) is 18.9 Å². The van der Waals surface area contributed by atoms with E-state index >= 15 is 0 Å². The third-order valence-electron chi connectivity index (χ3n) is 4.82. The smallest absolute Gasteiger partial charge is 0.252 e. The van der Waals surface area contributed by atoms with Crippen LogP contribution in [0.5, 0.6) is 17.2 Å². The van der Waals surface area contributed by atoms with Gasteiger partial charge in [0.15, 0.2) is 0 Å². The van der Waals surface area contributed by atoms with Crippen LogP contribution >= 0.6 is 0 Å². The number of nitrogens with one attached hydrogen (secondary N) is 2. The van der Waals surface area contributed by atoms with E-state index in [1.54, 1.807) is 25.3 Å². The molecule has 0 fully saturated rings. The van der Waals surface area contributed by atoms with E-state index in [9.17, 15) is 9.59 Å². The molecule has 8 heteroatoms. The van der Waals surface area contributed by atoms with Crippen molar-refractivity contribution in [3.63, 3.8) is 0 Å². The monoisotopic (exact) mass is 444 g/mol. The van der Waals surface area contributed by atoms with E-state index < -0.39 is 6.04 Å². The summed E-state index contributed by atoms with van der Waals surface area (Å²) in [5, 5.41) is 5.62. The van der Waals surface area contributed by atoms with Crippen molar-refractivity contribution in [2.45, 2.75) is 26.5 Å². The normalized spacial score (nSPS) is 11.6. The first kappa shape index (κ1) is 25.0. The summed E-state index contributed by atoms with van der Waals surface area (Å²) in [5.41, 5.74) is 1.36. The highest BCUT2D eigenvalue weighted by molar-refractivity contribution is 5.98. The van der Waals surface area contributed by atoms with Crippen molar-refractivity contribution in [1.29, 1.82) is 0 Å². The summed E-state index contributed by atoms with van der Waals surface area (Å²) in [6.07, 6.45) is 0. The molecule has 0 aromatic heterocycles. The van der Waals surface area contributed by atoms with Crippen molar-refractivity contribution in [3.8, 4) is 17.2 Å². The van der Waals surface area contributed by atoms with Gasteiger partial charge in [0.1, 0.15) is 23.3 Å². The number of hydrogen-bond donors (Lipinski definition) is 2. The Bertz CT molecular complexity index is 860. The molecule has 1 unspecified atom stereocenters. The van der Waals surface area contributed by atoms with Crippen LogP contribution in [0.2, 0.25) is 0 Å². The minimum absolute atomic E-state index is 0.105. The zero-order valence-corrected chi connectivity index (χ0v) is 19.3. The Morgan fingerprint density at radius 3 is 2.00 bits per heavy atom. The molecule has 2 aromatic rings. The van der Waals surface area contributed by atoms with Crippen molar-refractivity contribution >= 4 is 11.8 Å². The average Bonchev–Trinajstić information content (AvgIpc) is 2.81. The number of rotatable bonds is 12. The minimum Gasteiger partial charge on any atom is -0.497 e. The van der Waals surface area contributed by atoms with Crippen LogP contribution in [-0.2, 0) is 16.1 Å². The second kappa shape index (κ2) is 12.6. The van der Waals surface area contributed by atoms with Crippen LogP contribution < -0.4 is 24.8 Å². The fraction of sp³-hybridized carbons (Fsp3) is 0.417. The topological polar surface area (TPSA) is 95.1 Å². The van der Waals surface area contributed by atoms with Gasteiger partial charge in [-0.1, -0.05) is 26.0 Å². The van der Waals surface area contributed by atoms with Crippen molar-refractivity contribution in [2.24, 2.45) is 5.92 Å². The molecule has 0 aliphatic rings. The van der Waals surface area contributed by atoms with Gasteiger partial charge in [0, 0.05) is 18.2 Å². The molecular formula is C24H32N2O6. The molecule has 0 aliphatic carbocycles. The van der Waals surface area contributed by atoms with Gasteiger partial charge in [-0.25, -0.2) is 0 Å².